The van der Waals surface area contributed by atoms with E-state index in [0.717, 1.165) is 26.0 Å². The molecule has 1 rings (SSSR count). The lowest BCUT2D eigenvalue weighted by molar-refractivity contribution is -0.164. The number of carbonyl (C=O) groups is 1. The van der Waals surface area contributed by atoms with E-state index in [0.29, 0.717) is 13.2 Å². The Morgan fingerprint density at radius 2 is 2.31 bits per heavy atom. The Morgan fingerprint density at radius 1 is 1.50 bits per heavy atom. The van der Waals surface area contributed by atoms with Crippen molar-refractivity contribution in [2.45, 2.75) is 32.0 Å². The smallest absolute Gasteiger partial charge is 0.304 e. The lowest BCUT2D eigenvalue weighted by Gasteiger charge is -2.24. The Balaban J connectivity index is 1.98. The summed E-state index contributed by atoms with van der Waals surface area (Å²) < 4.78 is 11.0. The standard InChI is InChI=1S/C11H21NO4/c1-12(6-5-10(13)14)7-9-16-11-4-2-3-8-15-11/h11H,2-9H2,1H3,(H,13,14). The summed E-state index contributed by atoms with van der Waals surface area (Å²) in [6, 6.07) is 0. The van der Waals surface area contributed by atoms with E-state index in [1.54, 1.807) is 0 Å². The van der Waals surface area contributed by atoms with Crippen molar-refractivity contribution >= 4 is 5.97 Å². The zero-order chi connectivity index (χ0) is 11.8. The van der Waals surface area contributed by atoms with Gasteiger partial charge < -0.3 is 19.5 Å². The molecular weight excluding hydrogens is 210 g/mol. The van der Waals surface area contributed by atoms with Gasteiger partial charge >= 0.3 is 5.97 Å². The molecule has 1 heterocycles. The molecule has 1 aliphatic heterocycles. The van der Waals surface area contributed by atoms with Crippen LogP contribution in [0.15, 0.2) is 0 Å². The lowest BCUT2D eigenvalue weighted by atomic mass is 10.2. The fraction of sp³-hybridized carbons (Fsp3) is 0.909. The van der Waals surface area contributed by atoms with Crippen molar-refractivity contribution in [3.05, 3.63) is 0 Å². The summed E-state index contributed by atoms with van der Waals surface area (Å²) in [7, 11) is 1.90. The molecule has 5 heteroatoms. The van der Waals surface area contributed by atoms with Crippen LogP contribution in [0.5, 0.6) is 0 Å². The van der Waals surface area contributed by atoms with E-state index < -0.39 is 5.97 Å². The molecule has 0 spiro atoms. The van der Waals surface area contributed by atoms with Crippen LogP contribution in [0.1, 0.15) is 25.7 Å². The van der Waals surface area contributed by atoms with Crippen molar-refractivity contribution in [3.63, 3.8) is 0 Å². The highest BCUT2D eigenvalue weighted by Crippen LogP contribution is 2.13. The van der Waals surface area contributed by atoms with Gasteiger partial charge in [0, 0.05) is 19.7 Å². The second-order valence-corrected chi connectivity index (χ2v) is 4.11. The van der Waals surface area contributed by atoms with Gasteiger partial charge in [0.2, 0.25) is 0 Å². The van der Waals surface area contributed by atoms with Crippen LogP contribution in [0.3, 0.4) is 0 Å². The minimum absolute atomic E-state index is 0.0541. The van der Waals surface area contributed by atoms with Crippen LogP contribution < -0.4 is 0 Å². The lowest BCUT2D eigenvalue weighted by Crippen LogP contribution is -2.29. The molecular formula is C11H21NO4. The predicted octanol–water partition coefficient (Wildman–Crippen LogP) is 0.936. The number of likely N-dealkylation sites (N-methyl/N-ethyl adjacent to an activating group) is 1. The van der Waals surface area contributed by atoms with Gasteiger partial charge in [-0.1, -0.05) is 0 Å². The van der Waals surface area contributed by atoms with E-state index >= 15 is 0 Å². The molecule has 5 nitrogen and oxygen atoms in total. The number of aliphatic carboxylic acids is 1. The second kappa shape index (κ2) is 7.60. The van der Waals surface area contributed by atoms with E-state index in [2.05, 4.69) is 0 Å². The fourth-order valence-electron chi connectivity index (χ4n) is 1.58. The van der Waals surface area contributed by atoms with Crippen LogP contribution in [-0.4, -0.2) is 55.6 Å². The van der Waals surface area contributed by atoms with Crippen molar-refractivity contribution in [1.29, 1.82) is 0 Å². The Hall–Kier alpha value is -0.650. The fourth-order valence-corrected chi connectivity index (χ4v) is 1.58. The van der Waals surface area contributed by atoms with Gasteiger partial charge in [0.1, 0.15) is 0 Å². The molecule has 94 valence electrons. The first-order valence-electron chi connectivity index (χ1n) is 5.82. The minimum atomic E-state index is -0.761. The molecule has 16 heavy (non-hydrogen) atoms. The van der Waals surface area contributed by atoms with Crippen LogP contribution in [0.2, 0.25) is 0 Å². The summed E-state index contributed by atoms with van der Waals surface area (Å²) >= 11 is 0. The third-order valence-corrected chi connectivity index (χ3v) is 2.62. The number of nitrogens with zero attached hydrogens (tertiary/aromatic N) is 1. The predicted molar refractivity (Wildman–Crippen MR) is 59.3 cm³/mol. The molecule has 1 aliphatic rings. The maximum atomic E-state index is 10.3. The molecule has 0 bridgehead atoms. The number of hydrogen-bond acceptors (Lipinski definition) is 4. The Kier molecular flexibility index (Phi) is 6.37. The molecule has 1 N–H and O–H groups in total. The van der Waals surface area contributed by atoms with Gasteiger partial charge in [-0.2, -0.15) is 0 Å². The van der Waals surface area contributed by atoms with Crippen LogP contribution in [0.25, 0.3) is 0 Å². The first kappa shape index (κ1) is 13.4. The van der Waals surface area contributed by atoms with Crippen LogP contribution in [0.4, 0.5) is 0 Å². The SMILES string of the molecule is CN(CCOC1CCCCO1)CCC(=O)O. The monoisotopic (exact) mass is 231 g/mol. The highest BCUT2D eigenvalue weighted by Gasteiger charge is 2.13. The number of carboxylic acids is 1. The van der Waals surface area contributed by atoms with Gasteiger partial charge in [0.25, 0.3) is 0 Å². The molecule has 0 saturated carbocycles. The summed E-state index contributed by atoms with van der Waals surface area (Å²) in [6.45, 7) is 2.69. The van der Waals surface area contributed by atoms with E-state index in [4.69, 9.17) is 14.6 Å². The van der Waals surface area contributed by atoms with E-state index in [1.165, 1.54) is 6.42 Å². The Labute approximate surface area is 96.3 Å². The summed E-state index contributed by atoms with van der Waals surface area (Å²) in [5, 5.41) is 8.51. The third kappa shape index (κ3) is 6.05. The molecule has 0 aromatic carbocycles. The zero-order valence-corrected chi connectivity index (χ0v) is 9.85. The molecule has 0 amide bonds. The van der Waals surface area contributed by atoms with Gasteiger partial charge in [-0.3, -0.25) is 4.79 Å². The average Bonchev–Trinajstić information content (AvgIpc) is 2.28. The highest BCUT2D eigenvalue weighted by atomic mass is 16.7. The second-order valence-electron chi connectivity index (χ2n) is 4.11. The average molecular weight is 231 g/mol. The van der Waals surface area contributed by atoms with Crippen LogP contribution in [-0.2, 0) is 14.3 Å². The number of rotatable bonds is 7. The molecule has 1 unspecified atom stereocenters. The molecule has 1 fully saturated rings. The molecule has 1 atom stereocenters. The quantitative estimate of drug-likeness (QED) is 0.706. The van der Waals surface area contributed by atoms with Gasteiger partial charge in [0.15, 0.2) is 6.29 Å². The van der Waals surface area contributed by atoms with Gasteiger partial charge in [-0.25, -0.2) is 0 Å². The molecule has 0 radical (unpaired) electrons. The summed E-state index contributed by atoms with van der Waals surface area (Å²) in [6.07, 6.45) is 3.38. The molecule has 0 aromatic heterocycles. The van der Waals surface area contributed by atoms with Crippen molar-refractivity contribution in [3.8, 4) is 0 Å². The van der Waals surface area contributed by atoms with E-state index in [1.807, 2.05) is 11.9 Å². The number of ether oxygens (including phenoxy) is 2. The van der Waals surface area contributed by atoms with E-state index in [-0.39, 0.29) is 12.7 Å². The normalized spacial score (nSPS) is 21.2. The van der Waals surface area contributed by atoms with Crippen molar-refractivity contribution < 1.29 is 19.4 Å². The number of hydrogen-bond donors (Lipinski definition) is 1. The minimum Gasteiger partial charge on any atom is -0.481 e. The topological polar surface area (TPSA) is 59.0 Å². The Morgan fingerprint density at radius 3 is 2.94 bits per heavy atom. The molecule has 1 saturated heterocycles. The summed E-state index contributed by atoms with van der Waals surface area (Å²) in [4.78, 5) is 12.3. The molecule has 0 aromatic rings. The maximum Gasteiger partial charge on any atom is 0.304 e. The van der Waals surface area contributed by atoms with Crippen molar-refractivity contribution in [1.82, 2.24) is 4.90 Å². The first-order valence-corrected chi connectivity index (χ1v) is 5.82. The summed E-state index contributed by atoms with van der Waals surface area (Å²) in [5.41, 5.74) is 0. The van der Waals surface area contributed by atoms with Gasteiger partial charge in [-0.05, 0) is 26.3 Å². The Bertz CT molecular complexity index is 204. The van der Waals surface area contributed by atoms with E-state index in [9.17, 15) is 4.79 Å². The first-order chi connectivity index (χ1) is 7.68. The third-order valence-electron chi connectivity index (χ3n) is 2.62. The van der Waals surface area contributed by atoms with Crippen molar-refractivity contribution in [2.24, 2.45) is 0 Å². The highest BCUT2D eigenvalue weighted by molar-refractivity contribution is 5.66. The van der Waals surface area contributed by atoms with Crippen molar-refractivity contribution in [2.75, 3.05) is 33.4 Å². The van der Waals surface area contributed by atoms with Crippen LogP contribution in [0, 0.1) is 0 Å². The van der Waals surface area contributed by atoms with Gasteiger partial charge in [-0.15, -0.1) is 0 Å². The van der Waals surface area contributed by atoms with Gasteiger partial charge in [0.05, 0.1) is 13.0 Å². The molecule has 0 aliphatic carbocycles. The zero-order valence-electron chi connectivity index (χ0n) is 9.85. The number of carboxylic acid groups (broad SMARTS) is 1. The largest absolute Gasteiger partial charge is 0.481 e. The maximum absolute atomic E-state index is 10.3. The van der Waals surface area contributed by atoms with Crippen LogP contribution >= 0.6 is 0 Å². The summed E-state index contributed by atoms with van der Waals surface area (Å²) in [5.74, 6) is -0.761.